The first-order valence-electron chi connectivity index (χ1n) is 11.3. The second kappa shape index (κ2) is 8.39. The monoisotopic (exact) mass is 402 g/mol. The fourth-order valence-electron chi connectivity index (χ4n) is 4.64. The van der Waals surface area contributed by atoms with Crippen LogP contribution < -0.4 is 5.56 Å². The molecule has 158 valence electrons. The summed E-state index contributed by atoms with van der Waals surface area (Å²) in [7, 11) is 0. The molecule has 2 aromatic carbocycles. The van der Waals surface area contributed by atoms with Gasteiger partial charge < -0.3 is 4.98 Å². The third kappa shape index (κ3) is 4.67. The van der Waals surface area contributed by atoms with Gasteiger partial charge in [0.15, 0.2) is 0 Å². The maximum Gasteiger partial charge on any atom is 0.252 e. The number of nitrogens with zero attached hydrogens (tertiary/aromatic N) is 1. The lowest BCUT2D eigenvalue weighted by atomic mass is 9.86. The van der Waals surface area contributed by atoms with Crippen molar-refractivity contribution in [2.24, 2.45) is 0 Å². The van der Waals surface area contributed by atoms with Gasteiger partial charge in [-0.25, -0.2) is 0 Å². The minimum Gasteiger partial charge on any atom is -0.322 e. The molecule has 4 rings (SSSR count). The van der Waals surface area contributed by atoms with Crippen molar-refractivity contribution in [3.63, 3.8) is 0 Å². The Labute approximate surface area is 180 Å². The smallest absolute Gasteiger partial charge is 0.252 e. The highest BCUT2D eigenvalue weighted by Crippen LogP contribution is 2.28. The first-order valence-corrected chi connectivity index (χ1v) is 11.3. The van der Waals surface area contributed by atoms with Crippen LogP contribution in [0, 0.1) is 6.92 Å². The highest BCUT2D eigenvalue weighted by Gasteiger charge is 2.24. The Bertz CT molecular complexity index is 1070. The third-order valence-electron chi connectivity index (χ3n) is 6.50. The van der Waals surface area contributed by atoms with Crippen molar-refractivity contribution < 1.29 is 0 Å². The van der Waals surface area contributed by atoms with Crippen LogP contribution in [0.2, 0.25) is 0 Å². The van der Waals surface area contributed by atoms with Crippen LogP contribution in [0.5, 0.6) is 0 Å². The normalized spacial score (nSPS) is 15.4. The zero-order valence-corrected chi connectivity index (χ0v) is 18.8. The van der Waals surface area contributed by atoms with Crippen molar-refractivity contribution in [1.29, 1.82) is 0 Å². The molecule has 3 aromatic rings. The van der Waals surface area contributed by atoms with Crippen LogP contribution >= 0.6 is 0 Å². The number of hydrogen-bond acceptors (Lipinski definition) is 2. The molecule has 3 heteroatoms. The molecule has 1 N–H and O–H groups in total. The second-order valence-corrected chi connectivity index (χ2v) is 10.0. The molecule has 1 aliphatic carbocycles. The summed E-state index contributed by atoms with van der Waals surface area (Å²) in [5.74, 6) is 0. The minimum atomic E-state index is 0.0393. The molecule has 1 aromatic heterocycles. The van der Waals surface area contributed by atoms with Crippen LogP contribution in [0.15, 0.2) is 53.3 Å². The number of aromatic amines is 1. The van der Waals surface area contributed by atoms with Gasteiger partial charge in [-0.3, -0.25) is 9.69 Å². The maximum atomic E-state index is 12.8. The lowest BCUT2D eigenvalue weighted by molar-refractivity contribution is 0.180. The fraction of sp³-hybridized carbons (Fsp3) is 0.444. The summed E-state index contributed by atoms with van der Waals surface area (Å²) in [5, 5.41) is 1.12. The summed E-state index contributed by atoms with van der Waals surface area (Å²) in [4.78, 5) is 18.4. The number of benzene rings is 2. The van der Waals surface area contributed by atoms with Gasteiger partial charge >= 0.3 is 0 Å². The zero-order valence-electron chi connectivity index (χ0n) is 18.8. The highest BCUT2D eigenvalue weighted by atomic mass is 16.1. The molecule has 0 bridgehead atoms. The number of hydrogen-bond donors (Lipinski definition) is 1. The number of rotatable bonds is 5. The second-order valence-electron chi connectivity index (χ2n) is 10.0. The number of aryl methyl sites for hydroxylation is 1. The molecule has 0 spiro atoms. The molecule has 1 aliphatic rings. The summed E-state index contributed by atoms with van der Waals surface area (Å²) < 4.78 is 0. The SMILES string of the molecule is Cc1ccc2[nH]c(=O)c(CN(Cc3ccc(C(C)(C)C)cc3)C3CCCC3)cc2c1. The molecule has 0 amide bonds. The molecule has 0 aliphatic heterocycles. The number of pyridine rings is 1. The van der Waals surface area contributed by atoms with E-state index in [0.29, 0.717) is 12.6 Å². The summed E-state index contributed by atoms with van der Waals surface area (Å²) >= 11 is 0. The van der Waals surface area contributed by atoms with Crippen molar-refractivity contribution >= 4 is 10.9 Å². The van der Waals surface area contributed by atoms with Crippen molar-refractivity contribution in [1.82, 2.24) is 9.88 Å². The van der Waals surface area contributed by atoms with E-state index in [0.717, 1.165) is 23.0 Å². The predicted molar refractivity (Wildman–Crippen MR) is 126 cm³/mol. The molecule has 0 radical (unpaired) electrons. The van der Waals surface area contributed by atoms with E-state index >= 15 is 0 Å². The van der Waals surface area contributed by atoms with Crippen LogP contribution in [0.3, 0.4) is 0 Å². The lowest BCUT2D eigenvalue weighted by Gasteiger charge is -2.29. The zero-order chi connectivity index (χ0) is 21.3. The van der Waals surface area contributed by atoms with Gasteiger partial charge in [-0.2, -0.15) is 0 Å². The van der Waals surface area contributed by atoms with E-state index in [1.54, 1.807) is 0 Å². The molecule has 3 nitrogen and oxygen atoms in total. The van der Waals surface area contributed by atoms with Gasteiger partial charge in [0.25, 0.3) is 5.56 Å². The summed E-state index contributed by atoms with van der Waals surface area (Å²) in [6.07, 6.45) is 5.03. The van der Waals surface area contributed by atoms with Crippen LogP contribution in [-0.2, 0) is 18.5 Å². The molecule has 0 unspecified atom stereocenters. The van der Waals surface area contributed by atoms with Crippen LogP contribution in [0.25, 0.3) is 10.9 Å². The Morgan fingerprint density at radius 1 is 0.967 bits per heavy atom. The van der Waals surface area contributed by atoms with Gasteiger partial charge in [0.1, 0.15) is 0 Å². The summed E-state index contributed by atoms with van der Waals surface area (Å²) in [6.45, 7) is 10.4. The molecule has 0 atom stereocenters. The van der Waals surface area contributed by atoms with Crippen LogP contribution in [0.4, 0.5) is 0 Å². The van der Waals surface area contributed by atoms with Crippen molar-refractivity contribution in [2.45, 2.75) is 77.9 Å². The van der Waals surface area contributed by atoms with E-state index in [1.807, 2.05) is 12.1 Å². The van der Waals surface area contributed by atoms with E-state index in [1.165, 1.54) is 42.4 Å². The Kier molecular flexibility index (Phi) is 5.84. The van der Waals surface area contributed by atoms with Gasteiger partial charge in [-0.1, -0.05) is 69.5 Å². The molecule has 1 fully saturated rings. The van der Waals surface area contributed by atoms with Gasteiger partial charge in [0, 0.05) is 30.2 Å². The topological polar surface area (TPSA) is 36.1 Å². The average molecular weight is 403 g/mol. The molecule has 0 saturated heterocycles. The Balaban J connectivity index is 1.61. The fourth-order valence-corrected chi connectivity index (χ4v) is 4.64. The highest BCUT2D eigenvalue weighted by molar-refractivity contribution is 5.79. The van der Waals surface area contributed by atoms with Crippen molar-refractivity contribution in [3.8, 4) is 0 Å². The maximum absolute atomic E-state index is 12.8. The van der Waals surface area contributed by atoms with Gasteiger partial charge in [0.2, 0.25) is 0 Å². The average Bonchev–Trinajstić information content (AvgIpc) is 3.23. The number of H-pyrrole nitrogens is 1. The van der Waals surface area contributed by atoms with Gasteiger partial charge in [-0.05, 0) is 59.9 Å². The third-order valence-corrected chi connectivity index (χ3v) is 6.50. The van der Waals surface area contributed by atoms with E-state index < -0.39 is 0 Å². The van der Waals surface area contributed by atoms with E-state index in [-0.39, 0.29) is 11.0 Å². The first kappa shape index (κ1) is 20.9. The lowest BCUT2D eigenvalue weighted by Crippen LogP contribution is -2.34. The largest absolute Gasteiger partial charge is 0.322 e. The van der Waals surface area contributed by atoms with Crippen molar-refractivity contribution in [3.05, 3.63) is 81.1 Å². The number of aromatic nitrogens is 1. The van der Waals surface area contributed by atoms with Gasteiger partial charge in [0.05, 0.1) is 0 Å². The van der Waals surface area contributed by atoms with Gasteiger partial charge in [-0.15, -0.1) is 0 Å². The van der Waals surface area contributed by atoms with E-state index in [9.17, 15) is 4.79 Å². The summed E-state index contributed by atoms with van der Waals surface area (Å²) in [6, 6.07) is 17.9. The Hall–Kier alpha value is -2.39. The Morgan fingerprint density at radius 2 is 1.67 bits per heavy atom. The predicted octanol–water partition coefficient (Wildman–Crippen LogP) is 6.08. The summed E-state index contributed by atoms with van der Waals surface area (Å²) in [5.41, 5.74) is 5.89. The van der Waals surface area contributed by atoms with Crippen LogP contribution in [-0.4, -0.2) is 15.9 Å². The standard InChI is InChI=1S/C27H34N2O/c1-19-9-14-25-21(15-19)16-22(26(30)28-25)18-29(24-7-5-6-8-24)17-20-10-12-23(13-11-20)27(2,3)4/h9-16,24H,5-8,17-18H2,1-4H3,(H,28,30). The molecule has 30 heavy (non-hydrogen) atoms. The van der Waals surface area contributed by atoms with E-state index in [4.69, 9.17) is 0 Å². The number of fused-ring (bicyclic) bond motifs is 1. The van der Waals surface area contributed by atoms with Crippen LogP contribution in [0.1, 0.15) is 68.7 Å². The molecule has 1 heterocycles. The molecular formula is C27H34N2O. The number of nitrogens with one attached hydrogen (secondary N) is 1. The quantitative estimate of drug-likeness (QED) is 0.561. The molecule has 1 saturated carbocycles. The van der Waals surface area contributed by atoms with Crippen molar-refractivity contribution in [2.75, 3.05) is 0 Å². The minimum absolute atomic E-state index is 0.0393. The first-order chi connectivity index (χ1) is 14.3. The molecular weight excluding hydrogens is 368 g/mol. The Morgan fingerprint density at radius 3 is 2.33 bits per heavy atom. The van der Waals surface area contributed by atoms with E-state index in [2.05, 4.69) is 74.0 Å².